The van der Waals surface area contributed by atoms with Gasteiger partial charge in [-0.3, -0.25) is 4.79 Å². The molecule has 0 fully saturated rings. The molecule has 26 heavy (non-hydrogen) atoms. The lowest BCUT2D eigenvalue weighted by Crippen LogP contribution is -2.17. The second kappa shape index (κ2) is 6.56. The number of hydrogen-bond donors (Lipinski definition) is 2. The van der Waals surface area contributed by atoms with E-state index >= 15 is 0 Å². The standard InChI is InChI=1S/C17H12BrF2N3O3/c18-9-6-13-14(26-4-3-25-13)7-11(9)23-17(24)8-1-2-10-12(5-8)22-16(21-10)15(19)20/h1-2,5-7,15H,3-4H2,(H,21,22)(H,23,24). The van der Waals surface area contributed by atoms with Crippen LogP contribution in [0.4, 0.5) is 14.5 Å². The first-order chi connectivity index (χ1) is 12.5. The minimum Gasteiger partial charge on any atom is -0.486 e. The Bertz CT molecular complexity index is 1010. The van der Waals surface area contributed by atoms with Crippen molar-refractivity contribution in [3.63, 3.8) is 0 Å². The molecule has 0 bridgehead atoms. The van der Waals surface area contributed by atoms with Crippen LogP contribution >= 0.6 is 15.9 Å². The summed E-state index contributed by atoms with van der Waals surface area (Å²) in [5, 5.41) is 2.77. The Morgan fingerprint density at radius 3 is 2.65 bits per heavy atom. The number of hydrogen-bond acceptors (Lipinski definition) is 4. The van der Waals surface area contributed by atoms with E-state index in [2.05, 4.69) is 31.2 Å². The van der Waals surface area contributed by atoms with Crippen molar-refractivity contribution in [1.29, 1.82) is 0 Å². The fourth-order valence-electron chi connectivity index (χ4n) is 2.63. The van der Waals surface area contributed by atoms with Crippen molar-refractivity contribution in [2.45, 2.75) is 6.43 Å². The number of rotatable bonds is 3. The van der Waals surface area contributed by atoms with E-state index in [0.29, 0.717) is 51.5 Å². The summed E-state index contributed by atoms with van der Waals surface area (Å²) in [6.07, 6.45) is -2.70. The van der Waals surface area contributed by atoms with Crippen LogP contribution in [0.5, 0.6) is 11.5 Å². The molecule has 0 radical (unpaired) electrons. The maximum absolute atomic E-state index is 12.7. The second-order valence-corrected chi connectivity index (χ2v) is 6.44. The lowest BCUT2D eigenvalue weighted by molar-refractivity contribution is 0.102. The van der Waals surface area contributed by atoms with Gasteiger partial charge in [0, 0.05) is 22.2 Å². The third kappa shape index (κ3) is 3.10. The van der Waals surface area contributed by atoms with E-state index < -0.39 is 18.2 Å². The average molecular weight is 424 g/mol. The monoisotopic (exact) mass is 423 g/mol. The maximum Gasteiger partial charge on any atom is 0.295 e. The molecule has 1 aliphatic rings. The number of imidazole rings is 1. The molecule has 0 saturated carbocycles. The first-order valence-electron chi connectivity index (χ1n) is 7.69. The van der Waals surface area contributed by atoms with Gasteiger partial charge in [-0.05, 0) is 34.1 Å². The summed E-state index contributed by atoms with van der Waals surface area (Å²) >= 11 is 3.39. The summed E-state index contributed by atoms with van der Waals surface area (Å²) in [4.78, 5) is 18.8. The molecule has 0 saturated heterocycles. The second-order valence-electron chi connectivity index (χ2n) is 5.58. The van der Waals surface area contributed by atoms with E-state index in [4.69, 9.17) is 9.47 Å². The first kappa shape index (κ1) is 16.8. The van der Waals surface area contributed by atoms with Crippen molar-refractivity contribution < 1.29 is 23.0 Å². The lowest BCUT2D eigenvalue weighted by Gasteiger charge is -2.20. The van der Waals surface area contributed by atoms with E-state index in [0.717, 1.165) is 0 Å². The van der Waals surface area contributed by atoms with Crippen LogP contribution in [0.1, 0.15) is 22.6 Å². The van der Waals surface area contributed by atoms with Crippen LogP contribution in [0.3, 0.4) is 0 Å². The summed E-state index contributed by atoms with van der Waals surface area (Å²) in [5.74, 6) is 0.324. The lowest BCUT2D eigenvalue weighted by atomic mass is 10.2. The predicted octanol–water partition coefficient (Wildman–Crippen LogP) is 4.29. The summed E-state index contributed by atoms with van der Waals surface area (Å²) in [6, 6.07) is 7.91. The molecule has 4 rings (SSSR count). The highest BCUT2D eigenvalue weighted by Crippen LogP contribution is 2.38. The maximum atomic E-state index is 12.7. The largest absolute Gasteiger partial charge is 0.486 e. The zero-order valence-electron chi connectivity index (χ0n) is 13.2. The molecule has 0 aliphatic carbocycles. The number of aromatic nitrogens is 2. The Labute approximate surface area is 154 Å². The summed E-state index contributed by atoms with van der Waals surface area (Å²) in [6.45, 7) is 0.904. The van der Waals surface area contributed by atoms with Crippen molar-refractivity contribution in [1.82, 2.24) is 9.97 Å². The molecule has 1 aliphatic heterocycles. The Kier molecular flexibility index (Phi) is 4.23. The van der Waals surface area contributed by atoms with E-state index in [1.165, 1.54) is 18.2 Å². The normalized spacial score (nSPS) is 13.2. The van der Waals surface area contributed by atoms with Crippen LogP contribution in [-0.4, -0.2) is 29.1 Å². The van der Waals surface area contributed by atoms with Crippen molar-refractivity contribution in [3.05, 3.63) is 46.2 Å². The quantitative estimate of drug-likeness (QED) is 0.658. The molecule has 9 heteroatoms. The van der Waals surface area contributed by atoms with Gasteiger partial charge in [-0.15, -0.1) is 0 Å². The minimum absolute atomic E-state index is 0.309. The molecule has 2 aromatic carbocycles. The van der Waals surface area contributed by atoms with Crippen molar-refractivity contribution in [2.75, 3.05) is 18.5 Å². The zero-order valence-corrected chi connectivity index (χ0v) is 14.8. The number of aromatic amines is 1. The number of carbonyl (C=O) groups excluding carboxylic acids is 1. The Morgan fingerprint density at radius 2 is 1.92 bits per heavy atom. The number of alkyl halides is 2. The Balaban J connectivity index is 1.61. The fourth-order valence-corrected chi connectivity index (χ4v) is 3.05. The van der Waals surface area contributed by atoms with Crippen molar-refractivity contribution in [3.8, 4) is 11.5 Å². The van der Waals surface area contributed by atoms with Gasteiger partial charge in [-0.1, -0.05) is 0 Å². The number of carbonyl (C=O) groups is 1. The molecule has 3 aromatic rings. The summed E-state index contributed by atoms with van der Waals surface area (Å²) in [7, 11) is 0. The van der Waals surface area contributed by atoms with Gasteiger partial charge in [0.2, 0.25) is 0 Å². The van der Waals surface area contributed by atoms with Gasteiger partial charge in [0.25, 0.3) is 12.3 Å². The van der Waals surface area contributed by atoms with Gasteiger partial charge in [-0.25, -0.2) is 13.8 Å². The molecule has 2 heterocycles. The number of halogens is 3. The molecule has 0 spiro atoms. The highest BCUT2D eigenvalue weighted by Gasteiger charge is 2.18. The molecule has 134 valence electrons. The first-order valence-corrected chi connectivity index (χ1v) is 8.49. The highest BCUT2D eigenvalue weighted by molar-refractivity contribution is 9.10. The van der Waals surface area contributed by atoms with Crippen molar-refractivity contribution >= 4 is 38.6 Å². The van der Waals surface area contributed by atoms with Crippen molar-refractivity contribution in [2.24, 2.45) is 0 Å². The van der Waals surface area contributed by atoms with Crippen LogP contribution < -0.4 is 14.8 Å². The topological polar surface area (TPSA) is 76.2 Å². The average Bonchev–Trinajstić information content (AvgIpc) is 3.06. The van der Waals surface area contributed by atoms with Crippen LogP contribution in [0.15, 0.2) is 34.8 Å². The molecule has 1 aromatic heterocycles. The van der Waals surface area contributed by atoms with Gasteiger partial charge in [0.15, 0.2) is 17.3 Å². The molecule has 0 atom stereocenters. The summed E-state index contributed by atoms with van der Waals surface area (Å²) < 4.78 is 37.1. The molecule has 2 N–H and O–H groups in total. The van der Waals surface area contributed by atoms with Gasteiger partial charge >= 0.3 is 0 Å². The molecule has 0 unspecified atom stereocenters. The van der Waals surface area contributed by atoms with Crippen LogP contribution in [0.25, 0.3) is 11.0 Å². The number of anilines is 1. The molecular formula is C17H12BrF2N3O3. The number of H-pyrrole nitrogens is 1. The van der Waals surface area contributed by atoms with Gasteiger partial charge in [-0.2, -0.15) is 0 Å². The number of ether oxygens (including phenoxy) is 2. The van der Waals surface area contributed by atoms with E-state index in [1.807, 2.05) is 0 Å². The Hall–Kier alpha value is -2.68. The number of nitrogens with zero attached hydrogens (tertiary/aromatic N) is 1. The molecular weight excluding hydrogens is 412 g/mol. The van der Waals surface area contributed by atoms with Gasteiger partial charge in [0.05, 0.1) is 16.7 Å². The molecule has 6 nitrogen and oxygen atoms in total. The fraction of sp³-hybridized carbons (Fsp3) is 0.176. The predicted molar refractivity (Wildman–Crippen MR) is 94.1 cm³/mol. The summed E-state index contributed by atoms with van der Waals surface area (Å²) in [5.41, 5.74) is 1.56. The highest BCUT2D eigenvalue weighted by atomic mass is 79.9. The molecule has 1 amide bonds. The van der Waals surface area contributed by atoms with Gasteiger partial charge < -0.3 is 19.8 Å². The number of fused-ring (bicyclic) bond motifs is 2. The SMILES string of the molecule is O=C(Nc1cc2c(cc1Br)OCCO2)c1ccc2nc(C(F)F)[nH]c2c1. The van der Waals surface area contributed by atoms with E-state index in [1.54, 1.807) is 12.1 Å². The Morgan fingerprint density at radius 1 is 1.19 bits per heavy atom. The van der Waals surface area contributed by atoms with Crippen LogP contribution in [0, 0.1) is 0 Å². The third-order valence-corrected chi connectivity index (χ3v) is 4.51. The van der Waals surface area contributed by atoms with E-state index in [9.17, 15) is 13.6 Å². The minimum atomic E-state index is -2.70. The number of amides is 1. The van der Waals surface area contributed by atoms with Crippen LogP contribution in [0.2, 0.25) is 0 Å². The van der Waals surface area contributed by atoms with Gasteiger partial charge in [0.1, 0.15) is 13.2 Å². The van der Waals surface area contributed by atoms with E-state index in [-0.39, 0.29) is 0 Å². The number of benzene rings is 2. The zero-order chi connectivity index (χ0) is 18.3. The number of nitrogens with one attached hydrogen (secondary N) is 2. The third-order valence-electron chi connectivity index (χ3n) is 3.85. The van der Waals surface area contributed by atoms with Crippen LogP contribution in [-0.2, 0) is 0 Å². The smallest absolute Gasteiger partial charge is 0.295 e.